The Labute approximate surface area is 166 Å². The molecule has 2 nitrogen and oxygen atoms in total. The minimum atomic E-state index is 0.742. The molecule has 0 atom stereocenters. The number of benzene rings is 2. The van der Waals surface area contributed by atoms with E-state index in [0.29, 0.717) is 0 Å². The van der Waals surface area contributed by atoms with Gasteiger partial charge >= 0.3 is 0 Å². The van der Waals surface area contributed by atoms with Gasteiger partial charge < -0.3 is 0 Å². The molecule has 0 spiro atoms. The summed E-state index contributed by atoms with van der Waals surface area (Å²) in [6.45, 7) is 0. The van der Waals surface area contributed by atoms with Gasteiger partial charge in [0.15, 0.2) is 0 Å². The van der Waals surface area contributed by atoms with E-state index in [1.165, 1.54) is 15.3 Å². The van der Waals surface area contributed by atoms with Crippen molar-refractivity contribution in [1.82, 2.24) is 9.78 Å². The molecule has 2 aromatic heterocycles. The standard InChI is InChI=1S/C21H17ClN2S2/c1-24-13-17(16-8-3-4-9-18(16)22)21(23-24)20-11-10-19(26-20)14-6-5-7-15(12-14)25-2/h3-13H,1-2H3. The zero-order valence-corrected chi connectivity index (χ0v) is 16.8. The number of hydrogen-bond donors (Lipinski definition) is 0. The summed E-state index contributed by atoms with van der Waals surface area (Å²) in [4.78, 5) is 3.66. The first-order chi connectivity index (χ1) is 12.7. The number of thioether (sulfide) groups is 1. The molecule has 0 unspecified atom stereocenters. The van der Waals surface area contributed by atoms with E-state index in [-0.39, 0.29) is 0 Å². The van der Waals surface area contributed by atoms with Crippen molar-refractivity contribution in [3.05, 3.63) is 71.9 Å². The van der Waals surface area contributed by atoms with Crippen LogP contribution in [0, 0.1) is 0 Å². The molecule has 26 heavy (non-hydrogen) atoms. The van der Waals surface area contributed by atoms with Crippen LogP contribution in [0.1, 0.15) is 0 Å². The predicted molar refractivity (Wildman–Crippen MR) is 114 cm³/mol. The Balaban J connectivity index is 1.78. The molecular weight excluding hydrogens is 380 g/mol. The fourth-order valence-electron chi connectivity index (χ4n) is 2.94. The number of nitrogens with zero attached hydrogens (tertiary/aromatic N) is 2. The maximum Gasteiger partial charge on any atom is 0.110 e. The van der Waals surface area contributed by atoms with Crippen LogP contribution in [0.2, 0.25) is 5.02 Å². The second kappa shape index (κ2) is 7.31. The Morgan fingerprint density at radius 2 is 1.77 bits per heavy atom. The Kier molecular flexibility index (Phi) is 4.90. The fourth-order valence-corrected chi connectivity index (χ4v) is 4.64. The van der Waals surface area contributed by atoms with Gasteiger partial charge in [0, 0.05) is 39.2 Å². The van der Waals surface area contributed by atoms with Crippen molar-refractivity contribution in [2.24, 2.45) is 7.05 Å². The van der Waals surface area contributed by atoms with Crippen molar-refractivity contribution in [2.75, 3.05) is 6.26 Å². The smallest absolute Gasteiger partial charge is 0.110 e. The van der Waals surface area contributed by atoms with Crippen LogP contribution in [0.3, 0.4) is 0 Å². The predicted octanol–water partition coefficient (Wildman–Crippen LogP) is 6.86. The molecule has 0 radical (unpaired) electrons. The third-order valence-corrected chi connectivity index (χ3v) is 6.38. The van der Waals surface area contributed by atoms with Gasteiger partial charge in [0.1, 0.15) is 5.69 Å². The lowest BCUT2D eigenvalue weighted by atomic mass is 10.1. The lowest BCUT2D eigenvalue weighted by Gasteiger charge is -2.03. The average molecular weight is 397 g/mol. The van der Waals surface area contributed by atoms with E-state index in [4.69, 9.17) is 16.7 Å². The molecule has 0 aliphatic heterocycles. The first kappa shape index (κ1) is 17.4. The summed E-state index contributed by atoms with van der Waals surface area (Å²) >= 11 is 9.94. The topological polar surface area (TPSA) is 17.8 Å². The maximum atomic E-state index is 6.43. The van der Waals surface area contributed by atoms with Crippen LogP contribution in [0.4, 0.5) is 0 Å². The van der Waals surface area contributed by atoms with E-state index in [1.54, 1.807) is 23.1 Å². The number of hydrogen-bond acceptors (Lipinski definition) is 3. The number of aromatic nitrogens is 2. The highest BCUT2D eigenvalue weighted by Gasteiger charge is 2.16. The molecule has 4 aromatic rings. The second-order valence-electron chi connectivity index (χ2n) is 5.94. The molecule has 0 amide bonds. The minimum Gasteiger partial charge on any atom is -0.275 e. The highest BCUT2D eigenvalue weighted by molar-refractivity contribution is 7.98. The zero-order chi connectivity index (χ0) is 18.1. The van der Waals surface area contributed by atoms with Crippen molar-refractivity contribution in [3.63, 3.8) is 0 Å². The molecule has 2 aromatic carbocycles. The molecule has 0 N–H and O–H groups in total. The molecule has 2 heterocycles. The van der Waals surface area contributed by atoms with Crippen LogP contribution in [-0.4, -0.2) is 16.0 Å². The van der Waals surface area contributed by atoms with E-state index < -0.39 is 0 Å². The van der Waals surface area contributed by atoms with Crippen molar-refractivity contribution in [1.29, 1.82) is 0 Å². The van der Waals surface area contributed by atoms with Crippen LogP contribution in [0.25, 0.3) is 32.1 Å². The molecule has 0 aliphatic rings. The Hall–Kier alpha value is -2.01. The van der Waals surface area contributed by atoms with Crippen molar-refractivity contribution in [3.8, 4) is 32.1 Å². The van der Waals surface area contributed by atoms with E-state index in [9.17, 15) is 0 Å². The van der Waals surface area contributed by atoms with E-state index >= 15 is 0 Å². The highest BCUT2D eigenvalue weighted by Crippen LogP contribution is 2.40. The summed E-state index contributed by atoms with van der Waals surface area (Å²) < 4.78 is 1.85. The van der Waals surface area contributed by atoms with Crippen LogP contribution in [0.15, 0.2) is 71.8 Å². The number of thiophene rings is 1. The van der Waals surface area contributed by atoms with Gasteiger partial charge in [-0.15, -0.1) is 23.1 Å². The summed E-state index contributed by atoms with van der Waals surface area (Å²) in [5, 5.41) is 5.45. The first-order valence-corrected chi connectivity index (χ1v) is 10.6. The molecule has 0 saturated carbocycles. The average Bonchev–Trinajstić information content (AvgIpc) is 3.29. The van der Waals surface area contributed by atoms with Crippen LogP contribution in [-0.2, 0) is 7.05 Å². The quantitative estimate of drug-likeness (QED) is 0.351. The molecular formula is C21H17ClN2S2. The zero-order valence-electron chi connectivity index (χ0n) is 14.4. The van der Waals surface area contributed by atoms with Crippen molar-refractivity contribution >= 4 is 34.7 Å². The Morgan fingerprint density at radius 1 is 0.962 bits per heavy atom. The number of halogens is 1. The monoisotopic (exact) mass is 396 g/mol. The number of rotatable bonds is 4. The molecule has 4 rings (SSSR count). The van der Waals surface area contributed by atoms with Gasteiger partial charge in [-0.05, 0) is 42.2 Å². The molecule has 0 aliphatic carbocycles. The van der Waals surface area contributed by atoms with Gasteiger partial charge in [-0.1, -0.05) is 41.9 Å². The van der Waals surface area contributed by atoms with Gasteiger partial charge in [0.05, 0.1) is 4.88 Å². The summed E-state index contributed by atoms with van der Waals surface area (Å²) in [6, 6.07) is 20.9. The van der Waals surface area contributed by atoms with Crippen LogP contribution < -0.4 is 0 Å². The molecule has 0 saturated heterocycles. The summed E-state index contributed by atoms with van der Waals surface area (Å²) in [5.41, 5.74) is 4.28. The van der Waals surface area contributed by atoms with Gasteiger partial charge in [-0.3, -0.25) is 4.68 Å². The van der Waals surface area contributed by atoms with Crippen molar-refractivity contribution < 1.29 is 0 Å². The van der Waals surface area contributed by atoms with E-state index in [1.807, 2.05) is 42.2 Å². The van der Waals surface area contributed by atoms with Crippen molar-refractivity contribution in [2.45, 2.75) is 4.90 Å². The highest BCUT2D eigenvalue weighted by atomic mass is 35.5. The van der Waals surface area contributed by atoms with E-state index in [0.717, 1.165) is 26.7 Å². The van der Waals surface area contributed by atoms with Gasteiger partial charge in [0.2, 0.25) is 0 Å². The van der Waals surface area contributed by atoms with E-state index in [2.05, 4.69) is 42.7 Å². The third-order valence-electron chi connectivity index (χ3n) is 4.19. The van der Waals surface area contributed by atoms with Gasteiger partial charge in [0.25, 0.3) is 0 Å². The van der Waals surface area contributed by atoms with Gasteiger partial charge in [-0.2, -0.15) is 5.10 Å². The molecule has 5 heteroatoms. The molecule has 130 valence electrons. The molecule has 0 bridgehead atoms. The SMILES string of the molecule is CSc1cccc(-c2ccc(-c3nn(C)cc3-c3ccccc3Cl)s2)c1. The van der Waals surface area contributed by atoms with Crippen LogP contribution >= 0.6 is 34.7 Å². The lowest BCUT2D eigenvalue weighted by Crippen LogP contribution is -1.86. The summed E-state index contributed by atoms with van der Waals surface area (Å²) in [5.74, 6) is 0. The first-order valence-electron chi connectivity index (χ1n) is 8.19. The maximum absolute atomic E-state index is 6.43. The largest absolute Gasteiger partial charge is 0.275 e. The molecule has 0 fully saturated rings. The number of aryl methyl sites for hydroxylation is 1. The Bertz CT molecular complexity index is 1070. The minimum absolute atomic E-state index is 0.742. The Morgan fingerprint density at radius 3 is 2.58 bits per heavy atom. The summed E-state index contributed by atoms with van der Waals surface area (Å²) in [6.07, 6.45) is 4.13. The normalized spacial score (nSPS) is 11.0. The van der Waals surface area contributed by atoms with Crippen LogP contribution in [0.5, 0.6) is 0 Å². The van der Waals surface area contributed by atoms with Gasteiger partial charge in [-0.25, -0.2) is 0 Å². The lowest BCUT2D eigenvalue weighted by molar-refractivity contribution is 0.771. The summed E-state index contributed by atoms with van der Waals surface area (Å²) in [7, 11) is 1.94. The fraction of sp³-hybridized carbons (Fsp3) is 0.0952. The third kappa shape index (κ3) is 3.32. The second-order valence-corrected chi connectivity index (χ2v) is 8.31.